The van der Waals surface area contributed by atoms with Gasteiger partial charge in [-0.05, 0) is 34.1 Å². The molecule has 1 aromatic carbocycles. The van der Waals surface area contributed by atoms with E-state index in [1.54, 1.807) is 36.7 Å². The molecule has 0 saturated heterocycles. The van der Waals surface area contributed by atoms with Crippen LogP contribution >= 0.6 is 15.9 Å². The zero-order valence-electron chi connectivity index (χ0n) is 10.5. The largest absolute Gasteiger partial charge is 0.489 e. The second-order valence-electron chi connectivity index (χ2n) is 3.84. The molecule has 104 valence electrons. The minimum atomic E-state index is -1.02. The van der Waals surface area contributed by atoms with Gasteiger partial charge in [-0.3, -0.25) is 4.98 Å². The third kappa shape index (κ3) is 3.96. The molecule has 1 heterocycles. The van der Waals surface area contributed by atoms with Crippen molar-refractivity contribution < 1.29 is 19.4 Å². The molecule has 20 heavy (non-hydrogen) atoms. The average molecular weight is 338 g/mol. The lowest BCUT2D eigenvalue weighted by atomic mass is 10.2. The second-order valence-corrected chi connectivity index (χ2v) is 4.75. The van der Waals surface area contributed by atoms with Crippen molar-refractivity contribution in [2.24, 2.45) is 0 Å². The monoisotopic (exact) mass is 337 g/mol. The number of pyridine rings is 1. The molecule has 0 aliphatic rings. The summed E-state index contributed by atoms with van der Waals surface area (Å²) in [6, 6.07) is 8.28. The standard InChI is InChI=1S/C14H12BrNO4/c15-10-7-11(9-16-8-10)19-5-6-20-13-4-2-1-3-12(13)14(17)18/h1-4,7-9H,5-6H2,(H,17,18). The number of carbonyl (C=O) groups is 1. The Morgan fingerprint density at radius 2 is 1.95 bits per heavy atom. The smallest absolute Gasteiger partial charge is 0.339 e. The van der Waals surface area contributed by atoms with Crippen molar-refractivity contribution in [3.63, 3.8) is 0 Å². The van der Waals surface area contributed by atoms with Crippen LogP contribution in [0.3, 0.4) is 0 Å². The number of aromatic carboxylic acids is 1. The highest BCUT2D eigenvalue weighted by Gasteiger charge is 2.09. The predicted octanol–water partition coefficient (Wildman–Crippen LogP) is 3.00. The van der Waals surface area contributed by atoms with Crippen LogP contribution in [-0.2, 0) is 0 Å². The lowest BCUT2D eigenvalue weighted by Crippen LogP contribution is -2.11. The van der Waals surface area contributed by atoms with Gasteiger partial charge in [-0.2, -0.15) is 0 Å². The zero-order chi connectivity index (χ0) is 14.4. The summed E-state index contributed by atoms with van der Waals surface area (Å²) in [5.74, 6) is -0.0665. The number of hydrogen-bond donors (Lipinski definition) is 1. The second kappa shape index (κ2) is 6.91. The van der Waals surface area contributed by atoms with Crippen LogP contribution in [-0.4, -0.2) is 29.3 Å². The number of carboxylic acids is 1. The van der Waals surface area contributed by atoms with Gasteiger partial charge in [-0.1, -0.05) is 12.1 Å². The zero-order valence-corrected chi connectivity index (χ0v) is 12.0. The summed E-state index contributed by atoms with van der Waals surface area (Å²) in [5.41, 5.74) is 0.136. The summed E-state index contributed by atoms with van der Waals surface area (Å²) in [7, 11) is 0. The lowest BCUT2D eigenvalue weighted by molar-refractivity contribution is 0.0691. The van der Waals surface area contributed by atoms with E-state index >= 15 is 0 Å². The van der Waals surface area contributed by atoms with Gasteiger partial charge in [0.05, 0.1) is 6.20 Å². The topological polar surface area (TPSA) is 68.7 Å². The van der Waals surface area contributed by atoms with E-state index in [9.17, 15) is 4.79 Å². The van der Waals surface area contributed by atoms with Crippen LogP contribution < -0.4 is 9.47 Å². The molecule has 6 heteroatoms. The van der Waals surface area contributed by atoms with Crippen LogP contribution in [0.15, 0.2) is 47.2 Å². The number of halogens is 1. The fourth-order valence-electron chi connectivity index (χ4n) is 1.55. The summed E-state index contributed by atoms with van der Waals surface area (Å²) in [5, 5.41) is 9.01. The molecule has 0 spiro atoms. The fourth-order valence-corrected chi connectivity index (χ4v) is 1.90. The van der Waals surface area contributed by atoms with Crippen molar-refractivity contribution in [2.75, 3.05) is 13.2 Å². The first-order chi connectivity index (χ1) is 9.66. The van der Waals surface area contributed by atoms with Crippen LogP contribution in [0.2, 0.25) is 0 Å². The highest BCUT2D eigenvalue weighted by Crippen LogP contribution is 2.18. The van der Waals surface area contributed by atoms with Gasteiger partial charge in [0.15, 0.2) is 0 Å². The highest BCUT2D eigenvalue weighted by atomic mass is 79.9. The molecule has 0 bridgehead atoms. The molecule has 2 rings (SSSR count). The van der Waals surface area contributed by atoms with Crippen LogP contribution in [0, 0.1) is 0 Å². The molecule has 0 atom stereocenters. The Kier molecular flexibility index (Phi) is 4.95. The maximum absolute atomic E-state index is 11.0. The molecule has 0 aliphatic heterocycles. The molecule has 1 aromatic heterocycles. The van der Waals surface area contributed by atoms with E-state index < -0.39 is 5.97 Å². The van der Waals surface area contributed by atoms with Gasteiger partial charge in [0, 0.05) is 10.7 Å². The number of benzene rings is 1. The van der Waals surface area contributed by atoms with E-state index in [4.69, 9.17) is 14.6 Å². The van der Waals surface area contributed by atoms with Crippen LogP contribution in [0.25, 0.3) is 0 Å². The van der Waals surface area contributed by atoms with Gasteiger partial charge in [-0.25, -0.2) is 4.79 Å². The molecule has 0 fully saturated rings. The first-order valence-corrected chi connectivity index (χ1v) is 6.64. The van der Waals surface area contributed by atoms with E-state index in [-0.39, 0.29) is 12.2 Å². The summed E-state index contributed by atoms with van der Waals surface area (Å²) < 4.78 is 11.7. The van der Waals surface area contributed by atoms with Crippen molar-refractivity contribution in [2.45, 2.75) is 0 Å². The molecule has 2 aromatic rings. The third-order valence-corrected chi connectivity index (χ3v) is 2.84. The van der Waals surface area contributed by atoms with Crippen molar-refractivity contribution in [1.29, 1.82) is 0 Å². The van der Waals surface area contributed by atoms with Gasteiger partial charge in [0.25, 0.3) is 0 Å². The molecule has 0 amide bonds. The lowest BCUT2D eigenvalue weighted by Gasteiger charge is -2.10. The van der Waals surface area contributed by atoms with Crippen molar-refractivity contribution in [3.8, 4) is 11.5 Å². The molecular weight excluding hydrogens is 326 g/mol. The maximum Gasteiger partial charge on any atom is 0.339 e. The highest BCUT2D eigenvalue weighted by molar-refractivity contribution is 9.10. The number of nitrogens with zero attached hydrogens (tertiary/aromatic N) is 1. The van der Waals surface area contributed by atoms with Crippen molar-refractivity contribution >= 4 is 21.9 Å². The molecule has 0 aliphatic carbocycles. The molecule has 0 radical (unpaired) electrons. The first kappa shape index (κ1) is 14.3. The van der Waals surface area contributed by atoms with Crippen molar-refractivity contribution in [1.82, 2.24) is 4.98 Å². The Balaban J connectivity index is 1.86. The van der Waals surface area contributed by atoms with E-state index in [1.165, 1.54) is 6.07 Å². The van der Waals surface area contributed by atoms with E-state index in [1.807, 2.05) is 0 Å². The quantitative estimate of drug-likeness (QED) is 0.820. The number of aromatic nitrogens is 1. The summed E-state index contributed by atoms with van der Waals surface area (Å²) in [6.45, 7) is 0.545. The van der Waals surface area contributed by atoms with E-state index in [0.29, 0.717) is 18.1 Å². The molecule has 1 N–H and O–H groups in total. The number of rotatable bonds is 6. The van der Waals surface area contributed by atoms with Crippen LogP contribution in [0.4, 0.5) is 0 Å². The predicted molar refractivity (Wildman–Crippen MR) is 76.3 cm³/mol. The average Bonchev–Trinajstić information content (AvgIpc) is 2.44. The maximum atomic E-state index is 11.0. The van der Waals surface area contributed by atoms with Crippen LogP contribution in [0.1, 0.15) is 10.4 Å². The molecule has 5 nitrogen and oxygen atoms in total. The SMILES string of the molecule is O=C(O)c1ccccc1OCCOc1cncc(Br)c1. The van der Waals surface area contributed by atoms with Gasteiger partial charge >= 0.3 is 5.97 Å². The van der Waals surface area contributed by atoms with Gasteiger partial charge < -0.3 is 14.6 Å². The van der Waals surface area contributed by atoms with Gasteiger partial charge in [0.2, 0.25) is 0 Å². The normalized spacial score (nSPS) is 10.1. The van der Waals surface area contributed by atoms with Crippen molar-refractivity contribution in [3.05, 3.63) is 52.8 Å². The Labute approximate surface area is 124 Å². The first-order valence-electron chi connectivity index (χ1n) is 5.85. The number of para-hydroxylation sites is 1. The Morgan fingerprint density at radius 3 is 2.70 bits per heavy atom. The fraction of sp³-hybridized carbons (Fsp3) is 0.143. The number of carboxylic acid groups (broad SMARTS) is 1. The number of hydrogen-bond acceptors (Lipinski definition) is 4. The number of ether oxygens (including phenoxy) is 2. The Bertz CT molecular complexity index is 603. The van der Waals surface area contributed by atoms with Gasteiger partial charge in [0.1, 0.15) is 30.3 Å². The minimum absolute atomic E-state index is 0.136. The van der Waals surface area contributed by atoms with Gasteiger partial charge in [-0.15, -0.1) is 0 Å². The summed E-state index contributed by atoms with van der Waals surface area (Å²) >= 11 is 3.29. The summed E-state index contributed by atoms with van der Waals surface area (Å²) in [6.07, 6.45) is 3.25. The minimum Gasteiger partial charge on any atom is -0.489 e. The molecule has 0 unspecified atom stereocenters. The third-order valence-electron chi connectivity index (χ3n) is 2.41. The molecular formula is C14H12BrNO4. The Hall–Kier alpha value is -2.08. The van der Waals surface area contributed by atoms with E-state index in [0.717, 1.165) is 4.47 Å². The Morgan fingerprint density at radius 1 is 1.20 bits per heavy atom. The van der Waals surface area contributed by atoms with E-state index in [2.05, 4.69) is 20.9 Å². The summed E-state index contributed by atoms with van der Waals surface area (Å²) in [4.78, 5) is 15.0. The van der Waals surface area contributed by atoms with Crippen LogP contribution in [0.5, 0.6) is 11.5 Å². The molecule has 0 saturated carbocycles.